The summed E-state index contributed by atoms with van der Waals surface area (Å²) in [5, 5.41) is 10.4. The number of rotatable bonds is 7. The maximum absolute atomic E-state index is 11.9. The number of hydrogen-bond donors (Lipinski definition) is 1. The second-order valence-corrected chi connectivity index (χ2v) is 11.8. The fourth-order valence-electron chi connectivity index (χ4n) is 1.58. The van der Waals surface area contributed by atoms with E-state index in [2.05, 4.69) is 40.4 Å². The van der Waals surface area contributed by atoms with E-state index < -0.39 is 25.8 Å². The number of esters is 1. The minimum absolute atomic E-state index is 0.0623. The van der Waals surface area contributed by atoms with Gasteiger partial charge in [-0.15, -0.1) is 6.58 Å². The zero-order valence-electron chi connectivity index (χ0n) is 13.9. The molecule has 0 aliphatic rings. The monoisotopic (exact) mass is 302 g/mol. The van der Waals surface area contributed by atoms with Crippen molar-refractivity contribution < 1.29 is 19.1 Å². The predicted molar refractivity (Wildman–Crippen MR) is 84.1 cm³/mol. The van der Waals surface area contributed by atoms with Gasteiger partial charge in [-0.25, -0.2) is 0 Å². The van der Waals surface area contributed by atoms with Gasteiger partial charge in [-0.3, -0.25) is 4.79 Å². The smallest absolute Gasteiger partial charge is 0.314 e. The summed E-state index contributed by atoms with van der Waals surface area (Å²) in [5.74, 6) is -0.441. The van der Waals surface area contributed by atoms with Gasteiger partial charge < -0.3 is 14.3 Å². The predicted octanol–water partition coefficient (Wildman–Crippen LogP) is 3.12. The highest BCUT2D eigenvalue weighted by molar-refractivity contribution is 6.74. The van der Waals surface area contributed by atoms with Crippen molar-refractivity contribution in [3.8, 4) is 0 Å². The molecule has 0 radical (unpaired) electrons. The summed E-state index contributed by atoms with van der Waals surface area (Å²) in [6.45, 7) is 16.1. The third kappa shape index (κ3) is 4.43. The van der Waals surface area contributed by atoms with Crippen molar-refractivity contribution in [1.82, 2.24) is 0 Å². The highest BCUT2D eigenvalue weighted by Crippen LogP contribution is 2.37. The Balaban J connectivity index is 4.92. The van der Waals surface area contributed by atoms with Gasteiger partial charge in [-0.1, -0.05) is 26.8 Å². The summed E-state index contributed by atoms with van der Waals surface area (Å²) in [6, 6.07) is 0. The van der Waals surface area contributed by atoms with Crippen LogP contribution in [0.1, 0.15) is 34.1 Å². The Labute approximate surface area is 124 Å². The molecule has 2 atom stereocenters. The fraction of sp³-hybridized carbons (Fsp3) is 0.800. The van der Waals surface area contributed by atoms with Crippen LogP contribution in [0.2, 0.25) is 18.1 Å². The van der Waals surface area contributed by atoms with Crippen molar-refractivity contribution >= 4 is 14.3 Å². The summed E-state index contributed by atoms with van der Waals surface area (Å²) < 4.78 is 10.8. The lowest BCUT2D eigenvalue weighted by Gasteiger charge is -2.39. The molecular formula is C15H30O4Si. The van der Waals surface area contributed by atoms with Gasteiger partial charge in [0.15, 0.2) is 8.32 Å². The van der Waals surface area contributed by atoms with Gasteiger partial charge >= 0.3 is 5.97 Å². The van der Waals surface area contributed by atoms with Crippen LogP contribution in [0, 0.1) is 5.41 Å². The number of allylic oxidation sites excluding steroid dienone is 1. The van der Waals surface area contributed by atoms with Crippen molar-refractivity contribution in [2.24, 2.45) is 5.41 Å². The molecule has 0 aliphatic heterocycles. The van der Waals surface area contributed by atoms with Crippen LogP contribution in [0.15, 0.2) is 12.7 Å². The molecule has 0 aliphatic carbocycles. The molecule has 20 heavy (non-hydrogen) atoms. The molecular weight excluding hydrogens is 272 g/mol. The van der Waals surface area contributed by atoms with Crippen LogP contribution in [0.4, 0.5) is 0 Å². The van der Waals surface area contributed by atoms with E-state index in [4.69, 9.17) is 9.16 Å². The number of aliphatic hydroxyl groups is 1. The maximum Gasteiger partial charge on any atom is 0.314 e. The summed E-state index contributed by atoms with van der Waals surface area (Å²) in [4.78, 5) is 11.9. The topological polar surface area (TPSA) is 55.8 Å². The molecule has 0 spiro atoms. The quantitative estimate of drug-likeness (QED) is 0.446. The van der Waals surface area contributed by atoms with Crippen molar-refractivity contribution in [3.63, 3.8) is 0 Å². The van der Waals surface area contributed by atoms with Crippen LogP contribution in [-0.2, 0) is 14.0 Å². The molecule has 118 valence electrons. The third-order valence-corrected chi connectivity index (χ3v) is 8.86. The molecule has 2 unspecified atom stereocenters. The van der Waals surface area contributed by atoms with Crippen molar-refractivity contribution in [2.75, 3.05) is 13.7 Å². The molecule has 0 saturated heterocycles. The molecule has 0 aromatic heterocycles. The lowest BCUT2D eigenvalue weighted by atomic mass is 9.81. The van der Waals surface area contributed by atoms with Crippen LogP contribution >= 0.6 is 0 Å². The Hall–Kier alpha value is -0.653. The van der Waals surface area contributed by atoms with Crippen molar-refractivity contribution in [3.05, 3.63) is 12.7 Å². The van der Waals surface area contributed by atoms with E-state index in [1.165, 1.54) is 7.11 Å². The first-order valence-electron chi connectivity index (χ1n) is 6.93. The van der Waals surface area contributed by atoms with Crippen molar-refractivity contribution in [2.45, 2.75) is 58.4 Å². The first-order valence-corrected chi connectivity index (χ1v) is 9.84. The normalized spacial score (nSPS) is 17.2. The van der Waals surface area contributed by atoms with Crippen molar-refractivity contribution in [1.29, 1.82) is 0 Å². The summed E-state index contributed by atoms with van der Waals surface area (Å²) in [7, 11) is -0.628. The number of ether oxygens (including phenoxy) is 1. The number of aliphatic hydroxyl groups excluding tert-OH is 1. The van der Waals surface area contributed by atoms with Crippen LogP contribution < -0.4 is 0 Å². The van der Waals surface area contributed by atoms with Gasteiger partial charge in [0.1, 0.15) is 0 Å². The number of carbonyl (C=O) groups is 1. The Morgan fingerprint density at radius 1 is 1.35 bits per heavy atom. The highest BCUT2D eigenvalue weighted by atomic mass is 28.4. The molecule has 0 aromatic rings. The molecule has 0 saturated carbocycles. The largest absolute Gasteiger partial charge is 0.469 e. The van der Waals surface area contributed by atoms with Gasteiger partial charge in [0.25, 0.3) is 0 Å². The maximum atomic E-state index is 11.9. The van der Waals surface area contributed by atoms with Gasteiger partial charge in [-0.05, 0) is 31.5 Å². The third-order valence-electron chi connectivity index (χ3n) is 4.36. The van der Waals surface area contributed by atoms with Gasteiger partial charge in [0.2, 0.25) is 0 Å². The lowest BCUT2D eigenvalue weighted by molar-refractivity contribution is -0.160. The molecule has 0 heterocycles. The first kappa shape index (κ1) is 19.3. The van der Waals surface area contributed by atoms with Crippen LogP contribution in [0.25, 0.3) is 0 Å². The van der Waals surface area contributed by atoms with E-state index in [-0.39, 0.29) is 11.6 Å². The average molecular weight is 302 g/mol. The average Bonchev–Trinajstić information content (AvgIpc) is 2.33. The number of carbonyl (C=O) groups excluding carboxylic acids is 1. The second kappa shape index (κ2) is 6.87. The Kier molecular flexibility index (Phi) is 6.65. The Morgan fingerprint density at radius 2 is 1.85 bits per heavy atom. The summed E-state index contributed by atoms with van der Waals surface area (Å²) in [5.41, 5.74) is -1.02. The SMILES string of the molecule is C=CCC(C)(C(=O)OC)C(O)CO[Si](C)(C)C(C)(C)C. The molecule has 0 amide bonds. The summed E-state index contributed by atoms with van der Waals surface area (Å²) in [6.07, 6.45) is 1.05. The zero-order valence-corrected chi connectivity index (χ0v) is 14.9. The molecule has 0 fully saturated rings. The fourth-order valence-corrected chi connectivity index (χ4v) is 2.58. The molecule has 1 N–H and O–H groups in total. The van der Waals surface area contributed by atoms with E-state index >= 15 is 0 Å². The second-order valence-electron chi connectivity index (χ2n) is 6.99. The van der Waals surface area contributed by atoms with Crippen LogP contribution in [-0.4, -0.2) is 39.2 Å². The number of hydrogen-bond acceptors (Lipinski definition) is 4. The molecule has 0 bridgehead atoms. The van der Waals surface area contributed by atoms with Gasteiger partial charge in [-0.2, -0.15) is 0 Å². The first-order chi connectivity index (χ1) is 8.92. The van der Waals surface area contributed by atoms with E-state index in [9.17, 15) is 9.90 Å². The molecule has 4 nitrogen and oxygen atoms in total. The van der Waals surface area contributed by atoms with Crippen LogP contribution in [0.5, 0.6) is 0 Å². The Bertz CT molecular complexity index is 346. The zero-order chi connectivity index (χ0) is 16.2. The summed E-state index contributed by atoms with van der Waals surface area (Å²) >= 11 is 0. The molecule has 0 rings (SSSR count). The van der Waals surface area contributed by atoms with E-state index in [0.717, 1.165) is 0 Å². The van der Waals surface area contributed by atoms with E-state index in [1.807, 2.05) is 0 Å². The molecule has 0 aromatic carbocycles. The number of methoxy groups -OCH3 is 1. The van der Waals surface area contributed by atoms with E-state index in [1.54, 1.807) is 13.0 Å². The molecule has 5 heteroatoms. The minimum Gasteiger partial charge on any atom is -0.469 e. The lowest BCUT2D eigenvalue weighted by Crippen LogP contribution is -2.48. The highest BCUT2D eigenvalue weighted by Gasteiger charge is 2.43. The van der Waals surface area contributed by atoms with Gasteiger partial charge in [0, 0.05) is 0 Å². The van der Waals surface area contributed by atoms with E-state index in [0.29, 0.717) is 6.42 Å². The standard InChI is InChI=1S/C15H30O4Si/c1-9-10-15(5,13(17)18-6)12(16)11-19-20(7,8)14(2,3)4/h9,12,16H,1,10-11H2,2-8H3. The van der Waals surface area contributed by atoms with Gasteiger partial charge in [0.05, 0.1) is 25.2 Å². The van der Waals surface area contributed by atoms with Crippen LogP contribution in [0.3, 0.4) is 0 Å². The Morgan fingerprint density at radius 3 is 2.20 bits per heavy atom. The minimum atomic E-state index is -1.95.